The summed E-state index contributed by atoms with van der Waals surface area (Å²) in [6.45, 7) is 7.60. The first-order chi connectivity index (χ1) is 6.59. The van der Waals surface area contributed by atoms with Gasteiger partial charge in [-0.2, -0.15) is 0 Å². The Morgan fingerprint density at radius 3 is 2.36 bits per heavy atom. The lowest BCUT2D eigenvalue weighted by Gasteiger charge is -2.15. The van der Waals surface area contributed by atoms with Crippen LogP contribution in [0.4, 0.5) is 0 Å². The molecule has 0 amide bonds. The van der Waals surface area contributed by atoms with Gasteiger partial charge in [0.15, 0.2) is 0 Å². The Labute approximate surface area is 85.5 Å². The highest BCUT2D eigenvalue weighted by Crippen LogP contribution is 2.08. The van der Waals surface area contributed by atoms with Gasteiger partial charge < -0.3 is 14.9 Å². The normalized spacial score (nSPS) is 28.9. The van der Waals surface area contributed by atoms with E-state index < -0.39 is 12.2 Å². The quantitative estimate of drug-likeness (QED) is 0.602. The summed E-state index contributed by atoms with van der Waals surface area (Å²) in [6, 6.07) is 0. The van der Waals surface area contributed by atoms with Crippen LogP contribution in [-0.4, -0.2) is 60.2 Å². The second-order valence-corrected chi connectivity index (χ2v) is 4.36. The van der Waals surface area contributed by atoms with Gasteiger partial charge in [0.25, 0.3) is 0 Å². The van der Waals surface area contributed by atoms with Crippen LogP contribution in [0.2, 0.25) is 0 Å². The molecule has 14 heavy (non-hydrogen) atoms. The lowest BCUT2D eigenvalue weighted by molar-refractivity contribution is 0.0572. The highest BCUT2D eigenvalue weighted by molar-refractivity contribution is 4.82. The van der Waals surface area contributed by atoms with Gasteiger partial charge >= 0.3 is 0 Å². The van der Waals surface area contributed by atoms with E-state index in [0.717, 1.165) is 13.2 Å². The molecule has 1 rings (SSSR count). The fourth-order valence-electron chi connectivity index (χ4n) is 1.54. The summed E-state index contributed by atoms with van der Waals surface area (Å²) >= 11 is 0. The standard InChI is InChI=1S/C10H21NO3/c1-8(2)7-14-4-3-11-5-9(12)10(13)6-11/h8-10,12-13H,3-7H2,1-2H3. The molecule has 2 N–H and O–H groups in total. The van der Waals surface area contributed by atoms with Gasteiger partial charge in [0.1, 0.15) is 0 Å². The topological polar surface area (TPSA) is 52.9 Å². The molecule has 0 aromatic heterocycles. The molecule has 4 heteroatoms. The molecule has 1 heterocycles. The summed E-state index contributed by atoms with van der Waals surface area (Å²) in [4.78, 5) is 2.02. The molecular weight excluding hydrogens is 182 g/mol. The van der Waals surface area contributed by atoms with Gasteiger partial charge in [0.2, 0.25) is 0 Å². The monoisotopic (exact) mass is 203 g/mol. The summed E-state index contributed by atoms with van der Waals surface area (Å²) in [6.07, 6.45) is -1.17. The molecule has 0 aromatic rings. The zero-order valence-electron chi connectivity index (χ0n) is 9.02. The van der Waals surface area contributed by atoms with Crippen molar-refractivity contribution < 1.29 is 14.9 Å². The van der Waals surface area contributed by atoms with Crippen molar-refractivity contribution in [1.29, 1.82) is 0 Å². The molecule has 1 saturated heterocycles. The minimum Gasteiger partial charge on any atom is -0.389 e. The molecular formula is C10H21NO3. The van der Waals surface area contributed by atoms with Crippen LogP contribution in [-0.2, 0) is 4.74 Å². The molecule has 0 saturated carbocycles. The maximum atomic E-state index is 9.28. The summed E-state index contributed by atoms with van der Waals surface area (Å²) in [7, 11) is 0. The highest BCUT2D eigenvalue weighted by Gasteiger charge is 2.28. The number of aliphatic hydroxyl groups excluding tert-OH is 2. The Bertz CT molecular complexity index is 153. The second-order valence-electron chi connectivity index (χ2n) is 4.36. The molecule has 2 atom stereocenters. The van der Waals surface area contributed by atoms with E-state index in [1.165, 1.54) is 0 Å². The molecule has 4 nitrogen and oxygen atoms in total. The maximum absolute atomic E-state index is 9.28. The van der Waals surface area contributed by atoms with E-state index in [4.69, 9.17) is 4.74 Å². The Morgan fingerprint density at radius 1 is 1.29 bits per heavy atom. The van der Waals surface area contributed by atoms with Gasteiger partial charge in [0.05, 0.1) is 18.8 Å². The number of hydrogen-bond donors (Lipinski definition) is 2. The van der Waals surface area contributed by atoms with Crippen molar-refractivity contribution in [2.24, 2.45) is 5.92 Å². The van der Waals surface area contributed by atoms with E-state index >= 15 is 0 Å². The summed E-state index contributed by atoms with van der Waals surface area (Å²) < 4.78 is 5.42. The first-order valence-electron chi connectivity index (χ1n) is 5.26. The number of β-amino-alcohol motifs (C(OH)–C–C–N with tert-alkyl or cyclic N) is 2. The van der Waals surface area contributed by atoms with Crippen molar-refractivity contribution in [3.63, 3.8) is 0 Å². The average Bonchev–Trinajstić information content (AvgIpc) is 2.40. The third kappa shape index (κ3) is 3.92. The lowest BCUT2D eigenvalue weighted by atomic mass is 10.2. The van der Waals surface area contributed by atoms with E-state index in [0.29, 0.717) is 25.6 Å². The highest BCUT2D eigenvalue weighted by atomic mass is 16.5. The second kappa shape index (κ2) is 5.66. The zero-order chi connectivity index (χ0) is 10.6. The van der Waals surface area contributed by atoms with Crippen molar-refractivity contribution >= 4 is 0 Å². The molecule has 1 aliphatic heterocycles. The van der Waals surface area contributed by atoms with Crippen LogP contribution in [0.1, 0.15) is 13.8 Å². The largest absolute Gasteiger partial charge is 0.389 e. The minimum atomic E-state index is -0.583. The van der Waals surface area contributed by atoms with E-state index in [9.17, 15) is 10.2 Å². The van der Waals surface area contributed by atoms with E-state index in [-0.39, 0.29) is 0 Å². The minimum absolute atomic E-state index is 0.560. The molecule has 2 unspecified atom stereocenters. The van der Waals surface area contributed by atoms with E-state index in [1.807, 2.05) is 4.90 Å². The lowest BCUT2D eigenvalue weighted by Crippen LogP contribution is -2.26. The van der Waals surface area contributed by atoms with Crippen LogP contribution in [0.25, 0.3) is 0 Å². The third-order valence-electron chi connectivity index (χ3n) is 2.34. The Morgan fingerprint density at radius 2 is 1.86 bits per heavy atom. The molecule has 0 spiro atoms. The van der Waals surface area contributed by atoms with Crippen molar-refractivity contribution in [1.82, 2.24) is 4.90 Å². The van der Waals surface area contributed by atoms with Crippen LogP contribution in [0.3, 0.4) is 0 Å². The van der Waals surface area contributed by atoms with Crippen LogP contribution in [0.15, 0.2) is 0 Å². The molecule has 0 radical (unpaired) electrons. The predicted molar refractivity (Wildman–Crippen MR) is 54.1 cm³/mol. The summed E-state index contributed by atoms with van der Waals surface area (Å²) in [5.41, 5.74) is 0. The SMILES string of the molecule is CC(C)COCCN1CC(O)C(O)C1. The van der Waals surface area contributed by atoms with Gasteiger partial charge in [-0.3, -0.25) is 4.90 Å². The summed E-state index contributed by atoms with van der Waals surface area (Å²) in [5, 5.41) is 18.6. The first-order valence-corrected chi connectivity index (χ1v) is 5.26. The van der Waals surface area contributed by atoms with E-state index in [1.54, 1.807) is 0 Å². The van der Waals surface area contributed by atoms with Crippen LogP contribution < -0.4 is 0 Å². The van der Waals surface area contributed by atoms with Gasteiger partial charge in [-0.1, -0.05) is 13.8 Å². The smallest absolute Gasteiger partial charge is 0.0938 e. The third-order valence-corrected chi connectivity index (χ3v) is 2.34. The van der Waals surface area contributed by atoms with Crippen molar-refractivity contribution in [3.05, 3.63) is 0 Å². The fraction of sp³-hybridized carbons (Fsp3) is 1.00. The average molecular weight is 203 g/mol. The summed E-state index contributed by atoms with van der Waals surface area (Å²) in [5.74, 6) is 0.560. The number of nitrogens with zero attached hydrogens (tertiary/aromatic N) is 1. The van der Waals surface area contributed by atoms with Gasteiger partial charge in [-0.15, -0.1) is 0 Å². The van der Waals surface area contributed by atoms with Crippen LogP contribution in [0.5, 0.6) is 0 Å². The molecule has 1 fully saturated rings. The van der Waals surface area contributed by atoms with Crippen LogP contribution in [0, 0.1) is 5.92 Å². The van der Waals surface area contributed by atoms with Gasteiger partial charge in [-0.05, 0) is 5.92 Å². The number of rotatable bonds is 5. The number of ether oxygens (including phenoxy) is 1. The Balaban J connectivity index is 2.03. The predicted octanol–water partition coefficient (Wildman–Crippen LogP) is -0.304. The first kappa shape index (κ1) is 11.9. The van der Waals surface area contributed by atoms with Crippen molar-refractivity contribution in [2.45, 2.75) is 26.1 Å². The molecule has 0 bridgehead atoms. The maximum Gasteiger partial charge on any atom is 0.0938 e. The Hall–Kier alpha value is -0.160. The van der Waals surface area contributed by atoms with Crippen LogP contribution >= 0.6 is 0 Å². The number of likely N-dealkylation sites (tertiary alicyclic amines) is 1. The molecule has 1 aliphatic rings. The van der Waals surface area contributed by atoms with Crippen molar-refractivity contribution in [2.75, 3.05) is 32.8 Å². The Kier molecular flexibility index (Phi) is 4.81. The number of hydrogen-bond acceptors (Lipinski definition) is 4. The molecule has 84 valence electrons. The molecule has 0 aromatic carbocycles. The number of aliphatic hydroxyl groups is 2. The zero-order valence-corrected chi connectivity index (χ0v) is 9.02. The van der Waals surface area contributed by atoms with Crippen molar-refractivity contribution in [3.8, 4) is 0 Å². The fourth-order valence-corrected chi connectivity index (χ4v) is 1.54. The van der Waals surface area contributed by atoms with Gasteiger partial charge in [-0.25, -0.2) is 0 Å². The van der Waals surface area contributed by atoms with Gasteiger partial charge in [0, 0.05) is 26.2 Å². The van der Waals surface area contributed by atoms with E-state index in [2.05, 4.69) is 13.8 Å². The molecule has 0 aliphatic carbocycles.